The summed E-state index contributed by atoms with van der Waals surface area (Å²) in [5, 5.41) is 0.492. The molecule has 0 aromatic carbocycles. The van der Waals surface area contributed by atoms with Crippen LogP contribution in [0.5, 0.6) is 11.6 Å². The molecule has 6 nitrogen and oxygen atoms in total. The smallest absolute Gasteiger partial charge is 0.227 e. The van der Waals surface area contributed by atoms with Crippen LogP contribution in [0.4, 0.5) is 5.82 Å². The van der Waals surface area contributed by atoms with Crippen molar-refractivity contribution in [2.45, 2.75) is 6.92 Å². The average Bonchev–Trinajstić information content (AvgIpc) is 2.32. The van der Waals surface area contributed by atoms with Gasteiger partial charge in [-0.3, -0.25) is 4.98 Å². The Balaban J connectivity index is 2.30. The minimum Gasteiger partial charge on any atom is -0.437 e. The third-order valence-corrected chi connectivity index (χ3v) is 2.28. The first-order valence-corrected chi connectivity index (χ1v) is 5.15. The molecule has 2 aromatic heterocycles. The van der Waals surface area contributed by atoms with Crippen LogP contribution in [0.3, 0.4) is 0 Å². The zero-order valence-corrected chi connectivity index (χ0v) is 9.77. The van der Waals surface area contributed by atoms with Crippen molar-refractivity contribution in [1.82, 2.24) is 15.0 Å². The molecule has 7 heteroatoms. The topological polar surface area (TPSA) is 86.0 Å². The van der Waals surface area contributed by atoms with E-state index in [1.165, 1.54) is 12.5 Å². The molecule has 2 rings (SSSR count). The zero-order chi connectivity index (χ0) is 12.3. The highest BCUT2D eigenvalue weighted by molar-refractivity contribution is 6.30. The van der Waals surface area contributed by atoms with Crippen LogP contribution in [0.25, 0.3) is 0 Å². The number of halogens is 1. The van der Waals surface area contributed by atoms with Crippen LogP contribution in [0.15, 0.2) is 24.8 Å². The monoisotopic (exact) mass is 251 g/mol. The lowest BCUT2D eigenvalue weighted by molar-refractivity contribution is 0.455. The third kappa shape index (κ3) is 2.61. The molecule has 0 atom stereocenters. The van der Waals surface area contributed by atoms with Crippen LogP contribution in [-0.2, 0) is 0 Å². The van der Waals surface area contributed by atoms with E-state index < -0.39 is 0 Å². The highest BCUT2D eigenvalue weighted by Gasteiger charge is 2.08. The molecule has 0 amide bonds. The number of pyridine rings is 1. The molecule has 3 N–H and O–H groups in total. The van der Waals surface area contributed by atoms with E-state index in [1.807, 2.05) is 0 Å². The van der Waals surface area contributed by atoms with E-state index in [4.69, 9.17) is 22.2 Å². The molecular weight excluding hydrogens is 242 g/mol. The molecule has 0 radical (unpaired) electrons. The summed E-state index contributed by atoms with van der Waals surface area (Å²) in [6, 6.07) is 1.64. The van der Waals surface area contributed by atoms with Gasteiger partial charge in [0.2, 0.25) is 5.88 Å². The van der Waals surface area contributed by atoms with E-state index in [0.29, 0.717) is 28.0 Å². The summed E-state index contributed by atoms with van der Waals surface area (Å²) in [7, 11) is 0. The van der Waals surface area contributed by atoms with Gasteiger partial charge in [-0.2, -0.15) is 0 Å². The van der Waals surface area contributed by atoms with Gasteiger partial charge >= 0.3 is 0 Å². The Morgan fingerprint density at radius 3 is 2.88 bits per heavy atom. The summed E-state index contributed by atoms with van der Waals surface area (Å²) in [5.74, 6) is 6.71. The summed E-state index contributed by atoms with van der Waals surface area (Å²) in [5.41, 5.74) is 3.16. The molecular formula is C10H10ClN5O. The number of nitrogen functional groups attached to an aromatic ring is 1. The second-order valence-corrected chi connectivity index (χ2v) is 3.67. The largest absolute Gasteiger partial charge is 0.437 e. The van der Waals surface area contributed by atoms with E-state index in [9.17, 15) is 0 Å². The predicted octanol–water partition coefficient (Wildman–Crippen LogP) is 1.91. The van der Waals surface area contributed by atoms with Crippen molar-refractivity contribution in [3.05, 3.63) is 35.4 Å². The highest BCUT2D eigenvalue weighted by atomic mass is 35.5. The van der Waals surface area contributed by atoms with Gasteiger partial charge in [-0.25, -0.2) is 15.8 Å². The van der Waals surface area contributed by atoms with Crippen LogP contribution in [0.2, 0.25) is 5.02 Å². The number of nitrogens with one attached hydrogen (secondary N) is 1. The molecule has 0 saturated carbocycles. The second-order valence-electron chi connectivity index (χ2n) is 3.24. The van der Waals surface area contributed by atoms with Crippen molar-refractivity contribution in [2.75, 3.05) is 5.43 Å². The Kier molecular flexibility index (Phi) is 3.36. The molecule has 0 spiro atoms. The summed E-state index contributed by atoms with van der Waals surface area (Å²) in [6.07, 6.45) is 4.42. The lowest BCUT2D eigenvalue weighted by atomic mass is 10.3. The van der Waals surface area contributed by atoms with Crippen LogP contribution in [0.1, 0.15) is 5.56 Å². The maximum absolute atomic E-state index is 5.80. The molecule has 0 bridgehead atoms. The number of hydrazine groups is 1. The molecule has 0 aliphatic rings. The average molecular weight is 252 g/mol. The van der Waals surface area contributed by atoms with Crippen molar-refractivity contribution in [3.8, 4) is 11.6 Å². The van der Waals surface area contributed by atoms with Gasteiger partial charge in [-0.05, 0) is 6.92 Å². The standard InChI is InChI=1S/C10H10ClN5O/c1-6-9(16-12)14-5-15-10(6)17-8-2-7(11)3-13-4-8/h2-5H,12H2,1H3,(H,14,15,16). The number of ether oxygens (including phenoxy) is 1. The maximum atomic E-state index is 5.80. The summed E-state index contributed by atoms with van der Waals surface area (Å²) < 4.78 is 5.54. The summed E-state index contributed by atoms with van der Waals surface area (Å²) in [6.45, 7) is 1.79. The summed E-state index contributed by atoms with van der Waals surface area (Å²) in [4.78, 5) is 11.9. The number of nitrogens with zero attached hydrogens (tertiary/aromatic N) is 3. The molecule has 17 heavy (non-hydrogen) atoms. The van der Waals surface area contributed by atoms with Crippen molar-refractivity contribution >= 4 is 17.4 Å². The lowest BCUT2D eigenvalue weighted by Gasteiger charge is -2.09. The number of nitrogens with two attached hydrogens (primary N) is 1. The first-order chi connectivity index (χ1) is 8.20. The van der Waals surface area contributed by atoms with Gasteiger partial charge in [0, 0.05) is 12.3 Å². The molecule has 0 unspecified atom stereocenters. The maximum Gasteiger partial charge on any atom is 0.227 e. The van der Waals surface area contributed by atoms with Gasteiger partial charge in [0.05, 0.1) is 16.8 Å². The van der Waals surface area contributed by atoms with Gasteiger partial charge in [0.25, 0.3) is 0 Å². The number of hydrogen-bond donors (Lipinski definition) is 2. The normalized spacial score (nSPS) is 10.1. The van der Waals surface area contributed by atoms with E-state index in [1.54, 1.807) is 19.2 Å². The number of aromatic nitrogens is 3. The van der Waals surface area contributed by atoms with Gasteiger partial charge in [-0.1, -0.05) is 11.6 Å². The Bertz CT molecular complexity index is 534. The SMILES string of the molecule is Cc1c(NN)ncnc1Oc1cncc(Cl)c1. The van der Waals surface area contributed by atoms with Crippen molar-refractivity contribution in [3.63, 3.8) is 0 Å². The van der Waals surface area contributed by atoms with E-state index in [-0.39, 0.29) is 0 Å². The number of anilines is 1. The first-order valence-electron chi connectivity index (χ1n) is 4.77. The van der Waals surface area contributed by atoms with Crippen LogP contribution in [-0.4, -0.2) is 15.0 Å². The van der Waals surface area contributed by atoms with Crippen LogP contribution >= 0.6 is 11.6 Å². The van der Waals surface area contributed by atoms with Crippen molar-refractivity contribution in [1.29, 1.82) is 0 Å². The minimum absolute atomic E-state index is 0.400. The summed E-state index contributed by atoms with van der Waals surface area (Å²) >= 11 is 5.80. The van der Waals surface area contributed by atoms with E-state index >= 15 is 0 Å². The number of rotatable bonds is 3. The second kappa shape index (κ2) is 4.94. The van der Waals surface area contributed by atoms with Crippen molar-refractivity contribution < 1.29 is 4.74 Å². The van der Waals surface area contributed by atoms with E-state index in [2.05, 4.69) is 20.4 Å². The third-order valence-electron chi connectivity index (χ3n) is 2.07. The molecule has 0 aliphatic heterocycles. The molecule has 0 fully saturated rings. The van der Waals surface area contributed by atoms with Crippen molar-refractivity contribution in [2.24, 2.45) is 5.84 Å². The highest BCUT2D eigenvalue weighted by Crippen LogP contribution is 2.26. The lowest BCUT2D eigenvalue weighted by Crippen LogP contribution is -2.11. The Morgan fingerprint density at radius 2 is 2.18 bits per heavy atom. The fraction of sp³-hybridized carbons (Fsp3) is 0.100. The Morgan fingerprint density at radius 1 is 1.35 bits per heavy atom. The van der Waals surface area contributed by atoms with Crippen LogP contribution < -0.4 is 16.0 Å². The molecule has 0 aliphatic carbocycles. The number of hydrogen-bond acceptors (Lipinski definition) is 6. The Hall–Kier alpha value is -1.92. The molecule has 0 saturated heterocycles. The molecule has 2 heterocycles. The Labute approximate surface area is 103 Å². The van der Waals surface area contributed by atoms with Gasteiger partial charge < -0.3 is 10.2 Å². The first kappa shape index (κ1) is 11.6. The molecule has 2 aromatic rings. The van der Waals surface area contributed by atoms with E-state index in [0.717, 1.165) is 0 Å². The fourth-order valence-electron chi connectivity index (χ4n) is 1.24. The quantitative estimate of drug-likeness (QED) is 0.640. The zero-order valence-electron chi connectivity index (χ0n) is 9.01. The van der Waals surface area contributed by atoms with Crippen LogP contribution in [0, 0.1) is 6.92 Å². The van der Waals surface area contributed by atoms with Gasteiger partial charge in [0.15, 0.2) is 0 Å². The van der Waals surface area contributed by atoms with Gasteiger partial charge in [0.1, 0.15) is 17.9 Å². The van der Waals surface area contributed by atoms with Gasteiger partial charge in [-0.15, -0.1) is 0 Å². The fourth-order valence-corrected chi connectivity index (χ4v) is 1.41. The molecule has 88 valence electrons. The minimum atomic E-state index is 0.400. The predicted molar refractivity (Wildman–Crippen MR) is 63.9 cm³/mol.